The number of benzene rings is 1. The van der Waals surface area contributed by atoms with E-state index in [1.54, 1.807) is 13.2 Å². The lowest BCUT2D eigenvalue weighted by atomic mass is 9.45. The van der Waals surface area contributed by atoms with Crippen LogP contribution in [0.2, 0.25) is 0 Å². The van der Waals surface area contributed by atoms with Crippen LogP contribution in [-0.4, -0.2) is 67.1 Å². The zero-order valence-corrected chi connectivity index (χ0v) is 27.6. The lowest BCUT2D eigenvalue weighted by Gasteiger charge is -2.61. The van der Waals surface area contributed by atoms with E-state index in [1.165, 1.54) is 0 Å². The summed E-state index contributed by atoms with van der Waals surface area (Å²) < 4.78 is 33.6. The molecule has 0 aromatic heterocycles. The Balaban J connectivity index is 1.26. The predicted octanol–water partition coefficient (Wildman–Crippen LogP) is 4.34. The van der Waals surface area contributed by atoms with Gasteiger partial charge in [0.25, 0.3) is 0 Å². The van der Waals surface area contributed by atoms with Crippen molar-refractivity contribution < 1.29 is 52.7 Å². The molecule has 11 heteroatoms. The Labute approximate surface area is 269 Å². The normalized spacial score (nSPS) is 27.6. The van der Waals surface area contributed by atoms with Gasteiger partial charge in [-0.15, -0.1) is 0 Å². The quantitative estimate of drug-likeness (QED) is 0.242. The summed E-state index contributed by atoms with van der Waals surface area (Å²) in [6.45, 7) is 9.87. The van der Waals surface area contributed by atoms with Crippen molar-refractivity contribution in [1.29, 1.82) is 0 Å². The van der Waals surface area contributed by atoms with Gasteiger partial charge >= 0.3 is 23.9 Å². The van der Waals surface area contributed by atoms with Gasteiger partial charge in [0.05, 0.1) is 50.6 Å². The molecule has 1 aromatic carbocycles. The van der Waals surface area contributed by atoms with E-state index in [4.69, 9.17) is 28.4 Å². The van der Waals surface area contributed by atoms with Crippen LogP contribution in [0.25, 0.3) is 0 Å². The van der Waals surface area contributed by atoms with E-state index in [0.29, 0.717) is 36.0 Å². The molecule has 1 unspecified atom stereocenters. The number of rotatable bonds is 13. The van der Waals surface area contributed by atoms with Crippen LogP contribution in [0.15, 0.2) is 24.0 Å². The molecule has 1 fully saturated rings. The standard InChI is InChI=1S/C35H46O11/c1-19(2)17-42-29(38)16-26(33(39)43-18-20(3)4)45-28(37)10-9-27(36)44-25-12-14-35(40)23-15-22-7-8-24(41-6)31-30(22)34(35,32(25)46-31)13-11-21(23)5/h7-8,12,19-21,23,26,32,40H,9-11,13-18H2,1-6H3/t21?,23-,26-,32-,34-,35+/m0/s1. The summed E-state index contributed by atoms with van der Waals surface area (Å²) in [5.41, 5.74) is 0.188. The number of ether oxygens (including phenoxy) is 6. The molecule has 5 rings (SSSR count). The molecule has 1 aromatic rings. The van der Waals surface area contributed by atoms with Crippen LogP contribution >= 0.6 is 0 Å². The van der Waals surface area contributed by atoms with Crippen molar-refractivity contribution in [3.63, 3.8) is 0 Å². The van der Waals surface area contributed by atoms with Crippen LogP contribution in [0, 0.1) is 23.7 Å². The Bertz CT molecular complexity index is 1400. The van der Waals surface area contributed by atoms with E-state index < -0.39 is 53.5 Å². The number of methoxy groups -OCH3 is 1. The number of carbonyl (C=O) groups excluding carboxylic acids is 4. The molecular weight excluding hydrogens is 596 g/mol. The van der Waals surface area contributed by atoms with E-state index in [1.807, 2.05) is 39.8 Å². The van der Waals surface area contributed by atoms with Gasteiger partial charge < -0.3 is 33.5 Å². The van der Waals surface area contributed by atoms with Crippen LogP contribution in [-0.2, 0) is 50.0 Å². The molecular formula is C35H46O11. The number of carbonyl (C=O) groups is 4. The van der Waals surface area contributed by atoms with Gasteiger partial charge in [0, 0.05) is 5.56 Å². The fourth-order valence-electron chi connectivity index (χ4n) is 7.55. The third-order valence-electron chi connectivity index (χ3n) is 9.73. The molecule has 1 aliphatic heterocycles. The van der Waals surface area contributed by atoms with Crippen molar-refractivity contribution in [2.75, 3.05) is 20.3 Å². The largest absolute Gasteiger partial charge is 0.493 e. The van der Waals surface area contributed by atoms with Crippen LogP contribution < -0.4 is 9.47 Å². The van der Waals surface area contributed by atoms with Crippen molar-refractivity contribution >= 4 is 23.9 Å². The smallest absolute Gasteiger partial charge is 0.348 e. The molecule has 252 valence electrons. The molecule has 1 saturated carbocycles. The summed E-state index contributed by atoms with van der Waals surface area (Å²) in [6.07, 6.45) is 0.855. The molecule has 1 heterocycles. The molecule has 11 nitrogen and oxygen atoms in total. The van der Waals surface area contributed by atoms with Gasteiger partial charge in [-0.3, -0.25) is 14.4 Å². The molecule has 1 spiro atoms. The minimum atomic E-state index is -1.50. The van der Waals surface area contributed by atoms with E-state index in [9.17, 15) is 24.3 Å². The summed E-state index contributed by atoms with van der Waals surface area (Å²) in [5.74, 6) is -1.22. The summed E-state index contributed by atoms with van der Waals surface area (Å²) in [6, 6.07) is 3.92. The second-order valence-electron chi connectivity index (χ2n) is 13.9. The molecule has 4 aliphatic rings. The first-order chi connectivity index (χ1) is 21.8. The van der Waals surface area contributed by atoms with Crippen molar-refractivity contribution in [3.8, 4) is 11.5 Å². The van der Waals surface area contributed by atoms with E-state index >= 15 is 0 Å². The van der Waals surface area contributed by atoms with Gasteiger partial charge in [-0.05, 0) is 67.1 Å². The summed E-state index contributed by atoms with van der Waals surface area (Å²) >= 11 is 0. The van der Waals surface area contributed by atoms with Crippen molar-refractivity contribution in [1.82, 2.24) is 0 Å². The molecule has 46 heavy (non-hydrogen) atoms. The Hall–Kier alpha value is -3.60. The maximum Gasteiger partial charge on any atom is 0.348 e. The maximum absolute atomic E-state index is 13.1. The van der Waals surface area contributed by atoms with Gasteiger partial charge in [0.2, 0.25) is 6.10 Å². The monoisotopic (exact) mass is 642 g/mol. The fraction of sp³-hybridized carbons (Fsp3) is 0.657. The first kappa shape index (κ1) is 33.8. The van der Waals surface area contributed by atoms with Crippen LogP contribution in [0.3, 0.4) is 0 Å². The van der Waals surface area contributed by atoms with E-state index in [0.717, 1.165) is 24.0 Å². The third kappa shape index (κ3) is 6.10. The lowest BCUT2D eigenvalue weighted by Crippen LogP contribution is -2.69. The molecule has 3 aliphatic carbocycles. The van der Waals surface area contributed by atoms with Gasteiger partial charge in [-0.25, -0.2) is 4.79 Å². The Kier molecular flexibility index (Phi) is 9.73. The summed E-state index contributed by atoms with van der Waals surface area (Å²) in [4.78, 5) is 50.8. The number of hydrogen-bond acceptors (Lipinski definition) is 11. The highest BCUT2D eigenvalue weighted by molar-refractivity contribution is 5.85. The number of hydrogen-bond donors (Lipinski definition) is 1. The lowest BCUT2D eigenvalue weighted by molar-refractivity contribution is -0.174. The Morgan fingerprint density at radius 3 is 2.39 bits per heavy atom. The zero-order valence-electron chi connectivity index (χ0n) is 27.6. The molecule has 0 amide bonds. The number of esters is 4. The average molecular weight is 643 g/mol. The Morgan fingerprint density at radius 2 is 1.70 bits per heavy atom. The minimum Gasteiger partial charge on any atom is -0.493 e. The second kappa shape index (κ2) is 13.3. The molecule has 6 atom stereocenters. The van der Waals surface area contributed by atoms with Gasteiger partial charge in [-0.2, -0.15) is 0 Å². The topological polar surface area (TPSA) is 144 Å². The summed E-state index contributed by atoms with van der Waals surface area (Å²) in [5, 5.41) is 12.4. The number of aliphatic hydroxyl groups is 1. The van der Waals surface area contributed by atoms with Crippen LogP contribution in [0.4, 0.5) is 0 Å². The highest BCUT2D eigenvalue weighted by Gasteiger charge is 2.72. The van der Waals surface area contributed by atoms with Gasteiger partial charge in [0.15, 0.2) is 17.6 Å². The molecule has 0 saturated heterocycles. The van der Waals surface area contributed by atoms with E-state index in [-0.39, 0.29) is 43.8 Å². The fourth-order valence-corrected chi connectivity index (χ4v) is 7.55. The van der Waals surface area contributed by atoms with Crippen molar-refractivity contribution in [3.05, 3.63) is 35.1 Å². The molecule has 2 bridgehead atoms. The van der Waals surface area contributed by atoms with Crippen molar-refractivity contribution in [2.45, 2.75) is 103 Å². The molecule has 1 N–H and O–H groups in total. The van der Waals surface area contributed by atoms with E-state index in [2.05, 4.69) is 6.92 Å². The average Bonchev–Trinajstić information content (AvgIpc) is 3.36. The van der Waals surface area contributed by atoms with Crippen LogP contribution in [0.5, 0.6) is 11.5 Å². The molecule has 0 radical (unpaired) electrons. The Morgan fingerprint density at radius 1 is 1.00 bits per heavy atom. The SMILES string of the molecule is COc1ccc2c3c1O[C@H]1C(OC(=O)CCC(=O)O[C@@H](CC(=O)OCC(C)C)C(=O)OCC(C)C)=CC[C@@]4(O)[C@@H](C2)C(C)CC[C@]314. The van der Waals surface area contributed by atoms with Gasteiger partial charge in [0.1, 0.15) is 5.76 Å². The maximum atomic E-state index is 13.1. The first-order valence-corrected chi connectivity index (χ1v) is 16.3. The van der Waals surface area contributed by atoms with Crippen molar-refractivity contribution in [2.24, 2.45) is 23.7 Å². The predicted molar refractivity (Wildman–Crippen MR) is 164 cm³/mol. The minimum absolute atomic E-state index is 0.0188. The van der Waals surface area contributed by atoms with Gasteiger partial charge in [-0.1, -0.05) is 40.7 Å². The third-order valence-corrected chi connectivity index (χ3v) is 9.73. The zero-order chi connectivity index (χ0) is 33.4. The highest BCUT2D eigenvalue weighted by atomic mass is 16.6. The first-order valence-electron chi connectivity index (χ1n) is 16.3. The summed E-state index contributed by atoms with van der Waals surface area (Å²) in [7, 11) is 1.57. The highest BCUT2D eigenvalue weighted by Crippen LogP contribution is 2.68. The second-order valence-corrected chi connectivity index (χ2v) is 13.9. The van der Waals surface area contributed by atoms with Crippen LogP contribution in [0.1, 0.15) is 84.3 Å².